The number of hydrogen-bond acceptors (Lipinski definition) is 4. The standard InChI is InChI=1S/C8H19N5.HNO3/c1-4-5-8(2,3)13-7(11)12-6(9)10;2-1(3)4/h4-5H2,1-3H3,(H6,9,10,11,12,13);(H,2,3,4). The molecule has 0 bridgehead atoms. The van der Waals surface area contributed by atoms with Crippen LogP contribution >= 0.6 is 0 Å². The minimum atomic E-state index is -1.50. The first-order valence-corrected chi connectivity index (χ1v) is 4.90. The number of nitrogens with zero attached hydrogens (tertiary/aromatic N) is 2. The van der Waals surface area contributed by atoms with Crippen molar-refractivity contribution in [3.05, 3.63) is 10.1 Å². The molecular formula is C8H20N6O3. The predicted octanol–water partition coefficient (Wildman–Crippen LogP) is 0.0152. The van der Waals surface area contributed by atoms with Gasteiger partial charge in [0.25, 0.3) is 5.09 Å². The molecule has 0 radical (unpaired) electrons. The Hall–Kier alpha value is -2.06. The fraction of sp³-hybridized carbons (Fsp3) is 0.750. The van der Waals surface area contributed by atoms with Crippen LogP contribution in [0, 0.1) is 15.5 Å². The molecule has 0 unspecified atom stereocenters. The van der Waals surface area contributed by atoms with Gasteiger partial charge in [-0.3, -0.25) is 10.7 Å². The van der Waals surface area contributed by atoms with Crippen molar-refractivity contribution in [1.29, 1.82) is 5.41 Å². The summed E-state index contributed by atoms with van der Waals surface area (Å²) in [5.74, 6) is 0.0134. The smallest absolute Gasteiger partial charge is 0.291 e. The van der Waals surface area contributed by atoms with Crippen molar-refractivity contribution in [1.82, 2.24) is 5.32 Å². The van der Waals surface area contributed by atoms with Crippen LogP contribution in [0.4, 0.5) is 0 Å². The zero-order valence-electron chi connectivity index (χ0n) is 10.2. The normalized spacial score (nSPS) is 11.1. The summed E-state index contributed by atoms with van der Waals surface area (Å²) < 4.78 is 0. The molecule has 100 valence electrons. The summed E-state index contributed by atoms with van der Waals surface area (Å²) in [7, 11) is 0. The lowest BCUT2D eigenvalue weighted by atomic mass is 10.0. The average Bonchev–Trinajstić information content (AvgIpc) is 1.97. The van der Waals surface area contributed by atoms with Crippen LogP contribution in [0.1, 0.15) is 33.6 Å². The second-order valence-corrected chi connectivity index (χ2v) is 3.84. The van der Waals surface area contributed by atoms with E-state index in [-0.39, 0.29) is 17.5 Å². The molecule has 0 saturated carbocycles. The third-order valence-corrected chi connectivity index (χ3v) is 1.55. The molecular weight excluding hydrogens is 228 g/mol. The zero-order chi connectivity index (χ0) is 14.1. The zero-order valence-corrected chi connectivity index (χ0v) is 10.2. The van der Waals surface area contributed by atoms with Gasteiger partial charge in [-0.1, -0.05) is 13.3 Å². The molecule has 0 aliphatic rings. The molecule has 7 N–H and O–H groups in total. The van der Waals surface area contributed by atoms with Crippen LogP contribution in [-0.4, -0.2) is 27.8 Å². The average molecular weight is 248 g/mol. The highest BCUT2D eigenvalue weighted by molar-refractivity contribution is 5.95. The molecule has 0 saturated heterocycles. The fourth-order valence-electron chi connectivity index (χ4n) is 1.16. The summed E-state index contributed by atoms with van der Waals surface area (Å²) in [6.07, 6.45) is 2.00. The van der Waals surface area contributed by atoms with Gasteiger partial charge in [0.15, 0.2) is 11.9 Å². The van der Waals surface area contributed by atoms with Gasteiger partial charge >= 0.3 is 0 Å². The van der Waals surface area contributed by atoms with E-state index in [1.165, 1.54) is 0 Å². The highest BCUT2D eigenvalue weighted by Gasteiger charge is 2.15. The van der Waals surface area contributed by atoms with Gasteiger partial charge in [0, 0.05) is 0 Å². The summed E-state index contributed by atoms with van der Waals surface area (Å²) in [6, 6.07) is 0. The van der Waals surface area contributed by atoms with Crippen LogP contribution < -0.4 is 16.8 Å². The second-order valence-electron chi connectivity index (χ2n) is 3.84. The van der Waals surface area contributed by atoms with E-state index >= 15 is 0 Å². The first-order valence-electron chi connectivity index (χ1n) is 4.90. The Kier molecular flexibility index (Phi) is 8.30. The maximum Gasteiger partial charge on any atom is 0.291 e. The van der Waals surface area contributed by atoms with Gasteiger partial charge in [-0.2, -0.15) is 0 Å². The molecule has 17 heavy (non-hydrogen) atoms. The topological polar surface area (TPSA) is 164 Å². The number of guanidine groups is 2. The van der Waals surface area contributed by atoms with Crippen LogP contribution in [0.3, 0.4) is 0 Å². The minimum Gasteiger partial charge on any atom is -0.370 e. The van der Waals surface area contributed by atoms with E-state index < -0.39 is 5.09 Å². The Morgan fingerprint density at radius 1 is 1.59 bits per heavy atom. The third-order valence-electron chi connectivity index (χ3n) is 1.55. The van der Waals surface area contributed by atoms with Gasteiger partial charge in [0.1, 0.15) is 0 Å². The molecule has 0 heterocycles. The van der Waals surface area contributed by atoms with E-state index in [0.717, 1.165) is 12.8 Å². The Morgan fingerprint density at radius 2 is 2.00 bits per heavy atom. The highest BCUT2D eigenvalue weighted by atomic mass is 16.9. The Bertz CT molecular complexity index is 285. The van der Waals surface area contributed by atoms with E-state index in [9.17, 15) is 0 Å². The van der Waals surface area contributed by atoms with E-state index in [1.807, 2.05) is 13.8 Å². The molecule has 0 atom stereocenters. The lowest BCUT2D eigenvalue weighted by molar-refractivity contribution is -0.742. The van der Waals surface area contributed by atoms with Gasteiger partial charge in [0.05, 0.1) is 5.54 Å². The SMILES string of the molecule is CCCC(C)(C)N=C(N)NC(=N)N.O=[N+]([O-])O. The molecule has 0 amide bonds. The lowest BCUT2D eigenvalue weighted by Gasteiger charge is -2.19. The van der Waals surface area contributed by atoms with Crippen molar-refractivity contribution in [3.8, 4) is 0 Å². The second kappa shape index (κ2) is 8.13. The molecule has 0 aromatic heterocycles. The molecule has 0 aromatic rings. The Balaban J connectivity index is 0. The molecule has 0 aliphatic heterocycles. The minimum absolute atomic E-state index is 0.187. The molecule has 0 aliphatic carbocycles. The maximum atomic E-state index is 8.36. The summed E-state index contributed by atoms with van der Waals surface area (Å²) in [5, 5.41) is 23.0. The third kappa shape index (κ3) is 16.6. The van der Waals surface area contributed by atoms with Crippen LogP contribution in [0.2, 0.25) is 0 Å². The van der Waals surface area contributed by atoms with Crippen LogP contribution in [-0.2, 0) is 0 Å². The Labute approximate surface area is 99.5 Å². The van der Waals surface area contributed by atoms with Gasteiger partial charge < -0.3 is 16.7 Å². The van der Waals surface area contributed by atoms with Gasteiger partial charge in [-0.25, -0.2) is 4.99 Å². The number of rotatable bonds is 3. The van der Waals surface area contributed by atoms with Crippen LogP contribution in [0.5, 0.6) is 0 Å². The summed E-state index contributed by atoms with van der Waals surface area (Å²) in [5.41, 5.74) is 10.4. The number of nitrogens with two attached hydrogens (primary N) is 2. The predicted molar refractivity (Wildman–Crippen MR) is 64.4 cm³/mol. The van der Waals surface area contributed by atoms with E-state index in [1.54, 1.807) is 0 Å². The highest BCUT2D eigenvalue weighted by Crippen LogP contribution is 2.15. The van der Waals surface area contributed by atoms with Crippen molar-refractivity contribution < 1.29 is 10.3 Å². The molecule has 0 spiro atoms. The number of hydrogen-bond donors (Lipinski definition) is 5. The maximum absolute atomic E-state index is 8.36. The summed E-state index contributed by atoms with van der Waals surface area (Å²) >= 11 is 0. The van der Waals surface area contributed by atoms with Crippen molar-refractivity contribution in [2.45, 2.75) is 39.2 Å². The number of aliphatic imine (C=N–C) groups is 1. The first-order chi connectivity index (χ1) is 7.60. The quantitative estimate of drug-likeness (QED) is 0.204. The first kappa shape index (κ1) is 17.3. The van der Waals surface area contributed by atoms with E-state index in [2.05, 4.69) is 17.2 Å². The number of nitrogens with one attached hydrogen (secondary N) is 2. The fourth-order valence-corrected chi connectivity index (χ4v) is 1.16. The molecule has 0 aromatic carbocycles. The van der Waals surface area contributed by atoms with Crippen molar-refractivity contribution in [2.24, 2.45) is 16.5 Å². The van der Waals surface area contributed by atoms with Gasteiger partial charge in [0.2, 0.25) is 0 Å². The monoisotopic (exact) mass is 248 g/mol. The van der Waals surface area contributed by atoms with Crippen molar-refractivity contribution in [2.75, 3.05) is 0 Å². The lowest BCUT2D eigenvalue weighted by Crippen LogP contribution is -2.42. The molecule has 0 rings (SSSR count). The molecule has 0 fully saturated rings. The summed E-state index contributed by atoms with van der Waals surface area (Å²) in [6.45, 7) is 6.07. The van der Waals surface area contributed by atoms with Crippen LogP contribution in [0.15, 0.2) is 4.99 Å². The van der Waals surface area contributed by atoms with Gasteiger partial charge in [-0.15, -0.1) is 10.1 Å². The largest absolute Gasteiger partial charge is 0.370 e. The molecule has 9 heteroatoms. The molecule has 9 nitrogen and oxygen atoms in total. The summed E-state index contributed by atoms with van der Waals surface area (Å²) in [4.78, 5) is 12.6. The van der Waals surface area contributed by atoms with Gasteiger partial charge in [-0.05, 0) is 20.3 Å². The van der Waals surface area contributed by atoms with Crippen molar-refractivity contribution in [3.63, 3.8) is 0 Å². The van der Waals surface area contributed by atoms with Crippen LogP contribution in [0.25, 0.3) is 0 Å². The Morgan fingerprint density at radius 3 is 2.29 bits per heavy atom. The van der Waals surface area contributed by atoms with E-state index in [0.29, 0.717) is 0 Å². The van der Waals surface area contributed by atoms with E-state index in [4.69, 9.17) is 32.2 Å². The van der Waals surface area contributed by atoms with Crippen molar-refractivity contribution >= 4 is 11.9 Å².